The second-order valence-corrected chi connectivity index (χ2v) is 9.55. The second-order valence-electron chi connectivity index (χ2n) is 7.12. The van der Waals surface area contributed by atoms with Crippen LogP contribution in [-0.2, 0) is 23.4 Å². The van der Waals surface area contributed by atoms with E-state index in [2.05, 4.69) is 33.9 Å². The largest absolute Gasteiger partial charge is 0.463 e. The lowest BCUT2D eigenvalue weighted by molar-refractivity contribution is -0.288. The van der Waals surface area contributed by atoms with Gasteiger partial charge in [0, 0.05) is 6.08 Å². The zero-order chi connectivity index (χ0) is 17.0. The molecule has 0 N–H and O–H groups in total. The maximum atomic E-state index is 11.7. The van der Waals surface area contributed by atoms with E-state index in [4.69, 9.17) is 18.6 Å². The van der Waals surface area contributed by atoms with Crippen molar-refractivity contribution in [2.75, 3.05) is 19.8 Å². The molecule has 1 heterocycles. The maximum Gasteiger partial charge on any atom is 0.330 e. The minimum Gasteiger partial charge on any atom is -0.463 e. The van der Waals surface area contributed by atoms with Gasteiger partial charge < -0.3 is 18.6 Å². The van der Waals surface area contributed by atoms with Crippen LogP contribution < -0.4 is 0 Å². The Morgan fingerprint density at radius 2 is 2.09 bits per heavy atom. The summed E-state index contributed by atoms with van der Waals surface area (Å²) >= 11 is 0. The second kappa shape index (κ2) is 7.72. The molecule has 0 saturated carbocycles. The number of ether oxygens (including phenoxy) is 3. The SMILES string of the molecule is CCOC(=O)C=C1CO[C@@](C)(CO[SiH](C)C)O[C@@H]1C(C)(C)C. The third-order valence-electron chi connectivity index (χ3n) is 3.30. The topological polar surface area (TPSA) is 54.0 Å². The Balaban J connectivity index is 2.90. The first kappa shape index (κ1) is 19.4. The highest BCUT2D eigenvalue weighted by molar-refractivity contribution is 6.48. The van der Waals surface area contributed by atoms with Crippen LogP contribution in [0.4, 0.5) is 0 Å². The number of carbonyl (C=O) groups excluding carboxylic acids is 1. The van der Waals surface area contributed by atoms with Gasteiger partial charge in [-0.05, 0) is 37.9 Å². The smallest absolute Gasteiger partial charge is 0.330 e. The summed E-state index contributed by atoms with van der Waals surface area (Å²) in [5.41, 5.74) is 0.656. The molecule has 0 aromatic carbocycles. The Kier molecular flexibility index (Phi) is 6.79. The first-order valence-corrected chi connectivity index (χ1v) is 10.7. The number of hydrogen-bond acceptors (Lipinski definition) is 5. The first-order chi connectivity index (χ1) is 10.1. The first-order valence-electron chi connectivity index (χ1n) is 7.88. The van der Waals surface area contributed by atoms with Gasteiger partial charge in [0.05, 0.1) is 25.9 Å². The van der Waals surface area contributed by atoms with Gasteiger partial charge in [0.2, 0.25) is 0 Å². The monoisotopic (exact) mass is 330 g/mol. The third kappa shape index (κ3) is 5.83. The van der Waals surface area contributed by atoms with Gasteiger partial charge in [-0.1, -0.05) is 20.8 Å². The Morgan fingerprint density at radius 1 is 1.45 bits per heavy atom. The van der Waals surface area contributed by atoms with Crippen LogP contribution in [0.2, 0.25) is 13.1 Å². The van der Waals surface area contributed by atoms with E-state index < -0.39 is 14.8 Å². The molecule has 0 aromatic rings. The number of esters is 1. The Hall–Kier alpha value is -0.693. The van der Waals surface area contributed by atoms with Crippen LogP contribution in [0.25, 0.3) is 0 Å². The van der Waals surface area contributed by atoms with E-state index in [0.717, 1.165) is 5.57 Å². The van der Waals surface area contributed by atoms with Crippen LogP contribution in [0.3, 0.4) is 0 Å². The minimum atomic E-state index is -1.14. The number of rotatable bonds is 5. The zero-order valence-corrected chi connectivity index (χ0v) is 16.0. The van der Waals surface area contributed by atoms with Crippen molar-refractivity contribution in [3.63, 3.8) is 0 Å². The predicted octanol–water partition coefficient (Wildman–Crippen LogP) is 2.65. The van der Waals surface area contributed by atoms with Crippen molar-refractivity contribution in [1.82, 2.24) is 0 Å². The van der Waals surface area contributed by atoms with Crippen LogP contribution in [-0.4, -0.2) is 46.7 Å². The van der Waals surface area contributed by atoms with Crippen LogP contribution in [0.1, 0.15) is 34.6 Å². The summed E-state index contributed by atoms with van der Waals surface area (Å²) in [4.78, 5) is 11.7. The van der Waals surface area contributed by atoms with Crippen LogP contribution >= 0.6 is 0 Å². The molecule has 0 bridgehead atoms. The molecule has 0 spiro atoms. The van der Waals surface area contributed by atoms with Gasteiger partial charge >= 0.3 is 5.97 Å². The van der Waals surface area contributed by atoms with Gasteiger partial charge in [-0.2, -0.15) is 0 Å². The molecule has 22 heavy (non-hydrogen) atoms. The zero-order valence-electron chi connectivity index (χ0n) is 14.9. The molecule has 1 aliphatic heterocycles. The van der Waals surface area contributed by atoms with Crippen molar-refractivity contribution >= 4 is 15.0 Å². The Labute approximate surface area is 135 Å². The van der Waals surface area contributed by atoms with Crippen molar-refractivity contribution < 1.29 is 23.4 Å². The van der Waals surface area contributed by atoms with Crippen molar-refractivity contribution in [2.24, 2.45) is 5.41 Å². The van der Waals surface area contributed by atoms with Gasteiger partial charge in [-0.25, -0.2) is 4.79 Å². The Morgan fingerprint density at radius 3 is 2.59 bits per heavy atom. The van der Waals surface area contributed by atoms with Crippen molar-refractivity contribution in [1.29, 1.82) is 0 Å². The lowest BCUT2D eigenvalue weighted by atomic mass is 9.83. The van der Waals surface area contributed by atoms with Gasteiger partial charge in [0.25, 0.3) is 0 Å². The summed E-state index contributed by atoms with van der Waals surface area (Å²) in [6.07, 6.45) is 1.28. The molecule has 0 amide bonds. The van der Waals surface area contributed by atoms with Crippen LogP contribution in [0.15, 0.2) is 11.6 Å². The summed E-state index contributed by atoms with van der Waals surface area (Å²) < 4.78 is 22.8. The van der Waals surface area contributed by atoms with Gasteiger partial charge in [-0.3, -0.25) is 0 Å². The number of hydrogen-bond donors (Lipinski definition) is 0. The quantitative estimate of drug-likeness (QED) is 0.441. The summed E-state index contributed by atoms with van der Waals surface area (Å²) in [6, 6.07) is 0. The molecule has 0 aromatic heterocycles. The van der Waals surface area contributed by atoms with E-state index in [-0.39, 0.29) is 17.5 Å². The molecule has 1 saturated heterocycles. The summed E-state index contributed by atoms with van der Waals surface area (Å²) in [5, 5.41) is 0. The summed E-state index contributed by atoms with van der Waals surface area (Å²) in [6.45, 7) is 15.3. The molecule has 128 valence electrons. The minimum absolute atomic E-state index is 0.154. The Bertz CT molecular complexity index is 413. The third-order valence-corrected chi connectivity index (χ3v) is 4.14. The van der Waals surface area contributed by atoms with E-state index in [1.54, 1.807) is 6.92 Å². The van der Waals surface area contributed by atoms with Gasteiger partial charge in [-0.15, -0.1) is 0 Å². The summed E-state index contributed by atoms with van der Waals surface area (Å²) in [5.74, 6) is -1.13. The highest BCUT2D eigenvalue weighted by atomic mass is 28.3. The molecule has 5 nitrogen and oxygen atoms in total. The van der Waals surface area contributed by atoms with Gasteiger partial charge in [0.15, 0.2) is 14.8 Å². The number of carbonyl (C=O) groups is 1. The lowest BCUT2D eigenvalue weighted by Crippen LogP contribution is -2.51. The van der Waals surface area contributed by atoms with Crippen molar-refractivity contribution in [3.05, 3.63) is 11.6 Å². The molecule has 1 aliphatic rings. The highest BCUT2D eigenvalue weighted by Crippen LogP contribution is 2.36. The van der Waals surface area contributed by atoms with Crippen LogP contribution in [0, 0.1) is 5.41 Å². The van der Waals surface area contributed by atoms with E-state index in [1.165, 1.54) is 6.08 Å². The summed E-state index contributed by atoms with van der Waals surface area (Å²) in [7, 11) is -1.14. The molecule has 1 rings (SSSR count). The maximum absolute atomic E-state index is 11.7. The van der Waals surface area contributed by atoms with Gasteiger partial charge in [0.1, 0.15) is 0 Å². The highest BCUT2D eigenvalue weighted by Gasteiger charge is 2.42. The molecular weight excluding hydrogens is 300 g/mol. The van der Waals surface area contributed by atoms with E-state index in [1.807, 2.05) is 6.92 Å². The van der Waals surface area contributed by atoms with E-state index in [9.17, 15) is 4.79 Å². The van der Waals surface area contributed by atoms with Crippen LogP contribution in [0.5, 0.6) is 0 Å². The van der Waals surface area contributed by atoms with E-state index in [0.29, 0.717) is 19.8 Å². The molecule has 2 atom stereocenters. The normalized spacial score (nSPS) is 28.2. The fourth-order valence-corrected chi connectivity index (χ4v) is 2.89. The fraction of sp³-hybridized carbons (Fsp3) is 0.812. The molecular formula is C16H30O5Si. The average molecular weight is 330 g/mol. The molecule has 0 radical (unpaired) electrons. The predicted molar refractivity (Wildman–Crippen MR) is 88.2 cm³/mol. The standard InChI is InChI=1S/C16H30O5Si/c1-8-18-13(17)9-12-10-19-16(5,11-20-22(6)7)21-14(12)15(2,3)4/h9,14,22H,8,10-11H2,1-7H3/t14-,16+/m0/s1. The van der Waals surface area contributed by atoms with Crippen molar-refractivity contribution in [3.8, 4) is 0 Å². The lowest BCUT2D eigenvalue weighted by Gasteiger charge is -2.45. The van der Waals surface area contributed by atoms with E-state index >= 15 is 0 Å². The fourth-order valence-electron chi connectivity index (χ4n) is 2.25. The van der Waals surface area contributed by atoms with Crippen molar-refractivity contribution in [2.45, 2.75) is 59.6 Å². The molecule has 0 unspecified atom stereocenters. The molecule has 0 aliphatic carbocycles. The molecule has 1 fully saturated rings. The average Bonchev–Trinajstić information content (AvgIpc) is 2.38. The molecule has 6 heteroatoms.